The summed E-state index contributed by atoms with van der Waals surface area (Å²) in [5.74, 6) is 9.97. The third kappa shape index (κ3) is 9.86. The van der Waals surface area contributed by atoms with Crippen LogP contribution in [0.25, 0.3) is 0 Å². The lowest BCUT2D eigenvalue weighted by Crippen LogP contribution is -2.23. The third-order valence-corrected chi connectivity index (χ3v) is 5.83. The summed E-state index contributed by atoms with van der Waals surface area (Å²) in [5.41, 5.74) is 1.82. The summed E-state index contributed by atoms with van der Waals surface area (Å²) < 4.78 is 21.5. The van der Waals surface area contributed by atoms with Crippen molar-refractivity contribution in [2.45, 2.75) is 33.1 Å². The molecule has 2 aromatic carbocycles. The molecule has 0 saturated carbocycles. The minimum Gasteiger partial charge on any atom is -0.478 e. The maximum absolute atomic E-state index is 11.8. The molecule has 0 aliphatic carbocycles. The van der Waals surface area contributed by atoms with Crippen molar-refractivity contribution in [3.05, 3.63) is 69.8 Å². The lowest BCUT2D eigenvalue weighted by Gasteiger charge is -2.29. The van der Waals surface area contributed by atoms with Crippen molar-refractivity contribution >= 4 is 11.9 Å². The number of ether oxygens (including phenoxy) is 4. The first kappa shape index (κ1) is 31.6. The van der Waals surface area contributed by atoms with Gasteiger partial charge in [-0.2, -0.15) is 0 Å². The van der Waals surface area contributed by atoms with Gasteiger partial charge in [0, 0.05) is 29.8 Å². The molecule has 0 amide bonds. The highest BCUT2D eigenvalue weighted by Crippen LogP contribution is 2.36. The highest BCUT2D eigenvalue weighted by atomic mass is 16.5. The minimum absolute atomic E-state index is 0.0984. The fourth-order valence-corrected chi connectivity index (χ4v) is 3.79. The van der Waals surface area contributed by atoms with Crippen LogP contribution in [-0.4, -0.2) is 75.0 Å². The zero-order valence-electron chi connectivity index (χ0n) is 23.0. The summed E-state index contributed by atoms with van der Waals surface area (Å²) in [4.78, 5) is 23.6. The number of hydrogen-bond acceptors (Lipinski definition) is 6. The molecule has 8 nitrogen and oxygen atoms in total. The second-order valence-corrected chi connectivity index (χ2v) is 8.86. The van der Waals surface area contributed by atoms with Crippen LogP contribution < -0.4 is 0 Å². The molecular weight excluding hydrogens is 500 g/mol. The summed E-state index contributed by atoms with van der Waals surface area (Å²) in [6.07, 6.45) is 0. The smallest absolute Gasteiger partial charge is 0.335 e. The Morgan fingerprint density at radius 1 is 0.692 bits per heavy atom. The molecular formula is C31H36O8. The van der Waals surface area contributed by atoms with Crippen LogP contribution in [0.3, 0.4) is 0 Å². The zero-order valence-corrected chi connectivity index (χ0v) is 23.0. The minimum atomic E-state index is -1.07. The molecule has 0 fully saturated rings. The van der Waals surface area contributed by atoms with E-state index in [1.54, 1.807) is 24.3 Å². The molecule has 0 aliphatic rings. The first-order chi connectivity index (χ1) is 18.7. The molecule has 0 bridgehead atoms. The van der Waals surface area contributed by atoms with Crippen molar-refractivity contribution in [3.63, 3.8) is 0 Å². The van der Waals surface area contributed by atoms with Crippen molar-refractivity contribution < 1.29 is 38.7 Å². The summed E-state index contributed by atoms with van der Waals surface area (Å²) in [7, 11) is 0. The van der Waals surface area contributed by atoms with E-state index in [9.17, 15) is 19.8 Å². The molecule has 0 radical (unpaired) electrons. The summed E-state index contributed by atoms with van der Waals surface area (Å²) in [5, 5.41) is 19.3. The highest BCUT2D eigenvalue weighted by Gasteiger charge is 2.30. The quantitative estimate of drug-likeness (QED) is 0.273. The normalized spacial score (nSPS) is 10.8. The van der Waals surface area contributed by atoms with Crippen molar-refractivity contribution in [1.29, 1.82) is 0 Å². The van der Waals surface area contributed by atoms with Gasteiger partial charge in [-0.05, 0) is 61.4 Å². The number of carbonyl (C=O) groups is 2. The molecule has 0 unspecified atom stereocenters. The lowest BCUT2D eigenvalue weighted by molar-refractivity contribution is 0.0662. The number of benzene rings is 2. The predicted molar refractivity (Wildman–Crippen MR) is 147 cm³/mol. The summed E-state index contributed by atoms with van der Waals surface area (Å²) in [6, 6.07) is 9.46. The van der Waals surface area contributed by atoms with Crippen LogP contribution in [0.15, 0.2) is 36.4 Å². The van der Waals surface area contributed by atoms with Crippen LogP contribution >= 0.6 is 0 Å². The Morgan fingerprint density at radius 2 is 1.08 bits per heavy atom. The second-order valence-electron chi connectivity index (χ2n) is 8.86. The van der Waals surface area contributed by atoms with Crippen LogP contribution in [0.2, 0.25) is 0 Å². The molecule has 0 heterocycles. The van der Waals surface area contributed by atoms with E-state index in [1.807, 2.05) is 27.7 Å². The molecule has 8 heteroatoms. The Balaban J connectivity index is 2.47. The maximum Gasteiger partial charge on any atom is 0.335 e. The average molecular weight is 537 g/mol. The predicted octanol–water partition coefficient (Wildman–Crippen LogP) is 4.22. The standard InChI is InChI=1S/C31H36O8/c1-5-36-17-19-38-15-7-9-23-11-13-25(29(32)33)21-27(23)31(3,4)28-22-26(30(34)35)14-12-24(28)10-8-16-39-20-18-37-6-2/h11-14,21-22H,5-6,15-20H2,1-4H3,(H,32,33)(H,34,35). The molecule has 39 heavy (non-hydrogen) atoms. The molecule has 0 saturated heterocycles. The van der Waals surface area contributed by atoms with Gasteiger partial charge in [0.25, 0.3) is 0 Å². The van der Waals surface area contributed by atoms with Gasteiger partial charge in [0.15, 0.2) is 0 Å². The molecule has 2 rings (SSSR count). The van der Waals surface area contributed by atoms with E-state index in [0.29, 0.717) is 61.9 Å². The number of carboxylic acids is 2. The monoisotopic (exact) mass is 536 g/mol. The van der Waals surface area contributed by atoms with Crippen molar-refractivity contribution in [2.24, 2.45) is 0 Å². The van der Waals surface area contributed by atoms with Crippen molar-refractivity contribution in [1.82, 2.24) is 0 Å². The Labute approximate surface area is 230 Å². The topological polar surface area (TPSA) is 112 Å². The van der Waals surface area contributed by atoms with Crippen LogP contribution in [0.5, 0.6) is 0 Å². The van der Waals surface area contributed by atoms with Crippen LogP contribution in [-0.2, 0) is 24.4 Å². The molecule has 0 aromatic heterocycles. The number of aromatic carboxylic acids is 2. The van der Waals surface area contributed by atoms with E-state index in [1.165, 1.54) is 12.1 Å². The van der Waals surface area contributed by atoms with Gasteiger partial charge in [-0.25, -0.2) is 9.59 Å². The molecule has 0 atom stereocenters. The second kappa shape index (κ2) is 16.3. The van der Waals surface area contributed by atoms with Gasteiger partial charge in [0.1, 0.15) is 13.2 Å². The zero-order chi connectivity index (χ0) is 28.7. The van der Waals surface area contributed by atoms with Gasteiger partial charge in [0.05, 0.1) is 37.6 Å². The van der Waals surface area contributed by atoms with Crippen molar-refractivity contribution in [2.75, 3.05) is 52.9 Å². The summed E-state index contributed by atoms with van der Waals surface area (Å²) in [6.45, 7) is 11.0. The van der Waals surface area contributed by atoms with E-state index in [2.05, 4.69) is 23.7 Å². The molecule has 2 aromatic rings. The molecule has 208 valence electrons. The Bertz CT molecular complexity index is 1150. The first-order valence-electron chi connectivity index (χ1n) is 12.8. The van der Waals surface area contributed by atoms with Gasteiger partial charge < -0.3 is 29.2 Å². The number of rotatable bonds is 14. The van der Waals surface area contributed by atoms with E-state index in [0.717, 1.165) is 0 Å². The average Bonchev–Trinajstić information content (AvgIpc) is 2.91. The van der Waals surface area contributed by atoms with Gasteiger partial charge in [-0.1, -0.05) is 37.5 Å². The maximum atomic E-state index is 11.8. The molecule has 0 aliphatic heterocycles. The Kier molecular flexibility index (Phi) is 13.2. The van der Waals surface area contributed by atoms with E-state index in [4.69, 9.17) is 18.9 Å². The van der Waals surface area contributed by atoms with Gasteiger partial charge >= 0.3 is 11.9 Å². The largest absolute Gasteiger partial charge is 0.478 e. The third-order valence-electron chi connectivity index (χ3n) is 5.83. The Hall–Kier alpha value is -3.66. The first-order valence-corrected chi connectivity index (χ1v) is 12.8. The Morgan fingerprint density at radius 3 is 1.44 bits per heavy atom. The van der Waals surface area contributed by atoms with Crippen molar-refractivity contribution in [3.8, 4) is 23.7 Å². The highest BCUT2D eigenvalue weighted by molar-refractivity contribution is 5.89. The summed E-state index contributed by atoms with van der Waals surface area (Å²) >= 11 is 0. The van der Waals surface area contributed by atoms with E-state index < -0.39 is 17.4 Å². The van der Waals surface area contributed by atoms with Gasteiger partial charge in [-0.3, -0.25) is 0 Å². The van der Waals surface area contributed by atoms with E-state index >= 15 is 0 Å². The number of carboxylic acid groups (broad SMARTS) is 2. The van der Waals surface area contributed by atoms with Crippen LogP contribution in [0.1, 0.15) is 70.7 Å². The SMILES string of the molecule is CCOCCOCC#Cc1ccc(C(=O)O)cc1C(C)(C)c1cc(C(=O)O)ccc1C#CCOCCOCC. The fraction of sp³-hybridized carbons (Fsp3) is 0.419. The van der Waals surface area contributed by atoms with Crippen LogP contribution in [0.4, 0.5) is 0 Å². The van der Waals surface area contributed by atoms with Crippen LogP contribution in [0, 0.1) is 23.7 Å². The lowest BCUT2D eigenvalue weighted by atomic mass is 9.73. The molecule has 2 N–H and O–H groups in total. The molecule has 0 spiro atoms. The number of hydrogen-bond donors (Lipinski definition) is 2. The van der Waals surface area contributed by atoms with Gasteiger partial charge in [-0.15, -0.1) is 0 Å². The van der Waals surface area contributed by atoms with E-state index in [-0.39, 0.29) is 24.3 Å². The fourth-order valence-electron chi connectivity index (χ4n) is 3.79. The van der Waals surface area contributed by atoms with Gasteiger partial charge in [0.2, 0.25) is 0 Å².